The molecule has 0 saturated carbocycles. The van der Waals surface area contributed by atoms with E-state index < -0.39 is 6.10 Å². The smallest absolute Gasteiger partial charge is 0.264 e. The summed E-state index contributed by atoms with van der Waals surface area (Å²) >= 11 is 0. The zero-order valence-corrected chi connectivity index (χ0v) is 15.4. The Labute approximate surface area is 158 Å². The maximum absolute atomic E-state index is 13.6. The number of nitrogens with zero attached hydrogens (tertiary/aromatic N) is 2. The fourth-order valence-electron chi connectivity index (χ4n) is 3.76. The first-order valence-corrected chi connectivity index (χ1v) is 9.22. The third kappa shape index (κ3) is 3.76. The molecule has 6 heteroatoms. The molecule has 1 fully saturated rings. The Bertz CT molecular complexity index is 809. The van der Waals surface area contributed by atoms with E-state index in [1.54, 1.807) is 13.2 Å². The lowest BCUT2D eigenvalue weighted by Gasteiger charge is -2.35. The molecule has 2 heterocycles. The normalized spacial score (nSPS) is 19.5. The van der Waals surface area contributed by atoms with Gasteiger partial charge in [-0.05, 0) is 29.8 Å². The molecule has 0 unspecified atom stereocenters. The molecule has 1 saturated heterocycles. The molecule has 2 aliphatic heterocycles. The van der Waals surface area contributed by atoms with Crippen molar-refractivity contribution in [1.29, 1.82) is 0 Å². The monoisotopic (exact) mass is 370 g/mol. The highest BCUT2D eigenvalue weighted by molar-refractivity contribution is 5.82. The Morgan fingerprint density at radius 2 is 1.96 bits per heavy atom. The maximum atomic E-state index is 13.6. The van der Waals surface area contributed by atoms with Crippen LogP contribution in [0.2, 0.25) is 0 Å². The molecule has 0 radical (unpaired) electrons. The Balaban J connectivity index is 1.33. The van der Waals surface area contributed by atoms with Crippen LogP contribution in [0.15, 0.2) is 42.5 Å². The van der Waals surface area contributed by atoms with E-state index in [-0.39, 0.29) is 11.7 Å². The van der Waals surface area contributed by atoms with Crippen LogP contribution < -0.4 is 9.47 Å². The van der Waals surface area contributed by atoms with Gasteiger partial charge < -0.3 is 14.4 Å². The highest BCUT2D eigenvalue weighted by Crippen LogP contribution is 2.29. The lowest BCUT2D eigenvalue weighted by atomic mass is 10.1. The molecule has 2 aromatic rings. The molecule has 27 heavy (non-hydrogen) atoms. The second kappa shape index (κ2) is 7.56. The predicted octanol–water partition coefficient (Wildman–Crippen LogP) is 2.48. The average molecular weight is 370 g/mol. The molecule has 2 aromatic carbocycles. The van der Waals surface area contributed by atoms with Crippen LogP contribution in [0.1, 0.15) is 11.1 Å². The number of hydrogen-bond donors (Lipinski definition) is 0. The van der Waals surface area contributed by atoms with Gasteiger partial charge in [0.15, 0.2) is 6.10 Å². The van der Waals surface area contributed by atoms with Crippen molar-refractivity contribution >= 4 is 5.91 Å². The molecular formula is C21H23FN2O3. The van der Waals surface area contributed by atoms with Gasteiger partial charge in [0.2, 0.25) is 0 Å². The van der Waals surface area contributed by atoms with E-state index >= 15 is 0 Å². The zero-order valence-electron chi connectivity index (χ0n) is 15.4. The molecule has 0 bridgehead atoms. The number of methoxy groups -OCH3 is 1. The van der Waals surface area contributed by atoms with Crippen LogP contribution in [-0.4, -0.2) is 55.1 Å². The summed E-state index contributed by atoms with van der Waals surface area (Å²) in [6.45, 7) is 3.38. The number of ether oxygens (including phenoxy) is 2. The van der Waals surface area contributed by atoms with Crippen molar-refractivity contribution < 1.29 is 18.7 Å². The first-order chi connectivity index (χ1) is 13.1. The van der Waals surface area contributed by atoms with Gasteiger partial charge in [-0.25, -0.2) is 4.39 Å². The standard InChI is InChI=1S/C21H23FN2O3/c1-26-18-7-6-17(22)12-16(18)14-23-8-10-24(11-9-23)21(25)20-13-15-4-2-3-5-19(15)27-20/h2-7,12,20H,8-11,13-14H2,1H3/t20-/m1/s1. The Morgan fingerprint density at radius 1 is 1.19 bits per heavy atom. The number of carbonyl (C=O) groups is 1. The summed E-state index contributed by atoms with van der Waals surface area (Å²) in [5, 5.41) is 0. The van der Waals surface area contributed by atoms with Gasteiger partial charge in [0.25, 0.3) is 5.91 Å². The van der Waals surface area contributed by atoms with Gasteiger partial charge in [0, 0.05) is 44.7 Å². The Morgan fingerprint density at radius 3 is 2.70 bits per heavy atom. The summed E-state index contributed by atoms with van der Waals surface area (Å²) in [6, 6.07) is 12.4. The predicted molar refractivity (Wildman–Crippen MR) is 99.4 cm³/mol. The minimum Gasteiger partial charge on any atom is -0.496 e. The van der Waals surface area contributed by atoms with Gasteiger partial charge in [-0.1, -0.05) is 18.2 Å². The number of para-hydroxylation sites is 1. The van der Waals surface area contributed by atoms with Crippen LogP contribution in [-0.2, 0) is 17.8 Å². The third-order valence-electron chi connectivity index (χ3n) is 5.24. The van der Waals surface area contributed by atoms with Gasteiger partial charge in [0.05, 0.1) is 7.11 Å². The van der Waals surface area contributed by atoms with Gasteiger partial charge in [-0.15, -0.1) is 0 Å². The van der Waals surface area contributed by atoms with Gasteiger partial charge in [0.1, 0.15) is 17.3 Å². The molecule has 0 aromatic heterocycles. The van der Waals surface area contributed by atoms with Crippen LogP contribution >= 0.6 is 0 Å². The quantitative estimate of drug-likeness (QED) is 0.829. The van der Waals surface area contributed by atoms with E-state index in [1.807, 2.05) is 29.2 Å². The fourth-order valence-corrected chi connectivity index (χ4v) is 3.76. The summed E-state index contributed by atoms with van der Waals surface area (Å²) in [5.41, 5.74) is 1.92. The molecule has 0 N–H and O–H groups in total. The van der Waals surface area contributed by atoms with Crippen molar-refractivity contribution in [3.8, 4) is 11.5 Å². The second-order valence-electron chi connectivity index (χ2n) is 6.98. The summed E-state index contributed by atoms with van der Waals surface area (Å²) in [6.07, 6.45) is 0.215. The SMILES string of the molecule is COc1ccc(F)cc1CN1CCN(C(=O)[C@H]2Cc3ccccc3O2)CC1. The van der Waals surface area contributed by atoms with Crippen molar-refractivity contribution in [2.24, 2.45) is 0 Å². The first-order valence-electron chi connectivity index (χ1n) is 9.22. The number of fused-ring (bicyclic) bond motifs is 1. The van der Waals surface area contributed by atoms with Crippen LogP contribution in [0.25, 0.3) is 0 Å². The van der Waals surface area contributed by atoms with E-state index in [2.05, 4.69) is 4.90 Å². The maximum Gasteiger partial charge on any atom is 0.264 e. The molecule has 5 nitrogen and oxygen atoms in total. The third-order valence-corrected chi connectivity index (χ3v) is 5.24. The average Bonchev–Trinajstić information content (AvgIpc) is 3.12. The van der Waals surface area contributed by atoms with Crippen LogP contribution in [0.3, 0.4) is 0 Å². The second-order valence-corrected chi connectivity index (χ2v) is 6.98. The molecule has 1 amide bonds. The molecule has 0 spiro atoms. The van der Waals surface area contributed by atoms with Gasteiger partial charge >= 0.3 is 0 Å². The highest BCUT2D eigenvalue weighted by Gasteiger charge is 2.33. The Hall–Kier alpha value is -2.60. The van der Waals surface area contributed by atoms with Crippen LogP contribution in [0, 0.1) is 5.82 Å². The zero-order chi connectivity index (χ0) is 18.8. The number of rotatable bonds is 4. The van der Waals surface area contributed by atoms with Crippen molar-refractivity contribution in [2.75, 3.05) is 33.3 Å². The topological polar surface area (TPSA) is 42.0 Å². The molecule has 4 rings (SSSR count). The van der Waals surface area contributed by atoms with E-state index in [1.165, 1.54) is 12.1 Å². The fraction of sp³-hybridized carbons (Fsp3) is 0.381. The lowest BCUT2D eigenvalue weighted by Crippen LogP contribution is -2.51. The molecule has 2 aliphatic rings. The summed E-state index contributed by atoms with van der Waals surface area (Å²) in [5.74, 6) is 1.28. The lowest BCUT2D eigenvalue weighted by molar-refractivity contribution is -0.139. The number of benzene rings is 2. The summed E-state index contributed by atoms with van der Waals surface area (Å²) in [4.78, 5) is 16.9. The molecule has 1 atom stereocenters. The van der Waals surface area contributed by atoms with Crippen LogP contribution in [0.4, 0.5) is 4.39 Å². The van der Waals surface area contributed by atoms with Gasteiger partial charge in [-0.3, -0.25) is 9.69 Å². The van der Waals surface area contributed by atoms with E-state index in [0.717, 1.165) is 30.0 Å². The van der Waals surface area contributed by atoms with Crippen LogP contribution in [0.5, 0.6) is 11.5 Å². The number of amides is 1. The number of carbonyl (C=O) groups excluding carboxylic acids is 1. The molecular weight excluding hydrogens is 347 g/mol. The van der Waals surface area contributed by atoms with E-state index in [4.69, 9.17) is 9.47 Å². The van der Waals surface area contributed by atoms with Crippen molar-refractivity contribution in [3.05, 3.63) is 59.4 Å². The minimum absolute atomic E-state index is 0.0502. The summed E-state index contributed by atoms with van der Waals surface area (Å²) in [7, 11) is 1.59. The van der Waals surface area contributed by atoms with Crippen molar-refractivity contribution in [2.45, 2.75) is 19.1 Å². The highest BCUT2D eigenvalue weighted by atomic mass is 19.1. The van der Waals surface area contributed by atoms with E-state index in [0.29, 0.717) is 31.8 Å². The van der Waals surface area contributed by atoms with Crippen molar-refractivity contribution in [3.63, 3.8) is 0 Å². The number of piperazine rings is 1. The minimum atomic E-state index is -0.419. The molecule has 0 aliphatic carbocycles. The summed E-state index contributed by atoms with van der Waals surface area (Å²) < 4.78 is 24.7. The first kappa shape index (κ1) is 17.8. The van der Waals surface area contributed by atoms with Gasteiger partial charge in [-0.2, -0.15) is 0 Å². The molecule has 142 valence electrons. The van der Waals surface area contributed by atoms with Crippen molar-refractivity contribution in [1.82, 2.24) is 9.80 Å². The largest absolute Gasteiger partial charge is 0.496 e. The number of halogens is 1. The number of hydrogen-bond acceptors (Lipinski definition) is 4. The van der Waals surface area contributed by atoms with E-state index in [9.17, 15) is 9.18 Å². The Kier molecular flexibility index (Phi) is 4.99.